The van der Waals surface area contributed by atoms with E-state index >= 15 is 0 Å². The summed E-state index contributed by atoms with van der Waals surface area (Å²) in [6.45, 7) is 1.79. The third-order valence-corrected chi connectivity index (χ3v) is 3.54. The van der Waals surface area contributed by atoms with Gasteiger partial charge in [-0.1, -0.05) is 36.4 Å². The Morgan fingerprint density at radius 3 is 2.48 bits per heavy atom. The van der Waals surface area contributed by atoms with E-state index in [9.17, 15) is 9.90 Å². The van der Waals surface area contributed by atoms with Crippen LogP contribution in [0.1, 0.15) is 16.1 Å². The van der Waals surface area contributed by atoms with E-state index in [2.05, 4.69) is 4.98 Å². The van der Waals surface area contributed by atoms with Crippen molar-refractivity contribution >= 4 is 16.8 Å². The zero-order valence-electron chi connectivity index (χ0n) is 11.5. The van der Waals surface area contributed by atoms with E-state index < -0.39 is 5.91 Å². The number of phenolic OH excluding ortho intramolecular Hbond substituents is 1. The quantitative estimate of drug-likeness (QED) is 0.756. The standard InChI is InChI=1S/C17H14N2O2/c1-10-15(12-7-3-5-9-14(12)20)11-6-2-4-8-13(11)19-16(10)17(18)21/h2-9,20H,1H3,(H2,18,21). The van der Waals surface area contributed by atoms with Crippen molar-refractivity contribution in [1.29, 1.82) is 0 Å². The highest BCUT2D eigenvalue weighted by Crippen LogP contribution is 2.37. The van der Waals surface area contributed by atoms with Crippen LogP contribution in [-0.2, 0) is 0 Å². The number of para-hydroxylation sites is 2. The van der Waals surface area contributed by atoms with Gasteiger partial charge in [0, 0.05) is 16.5 Å². The molecular weight excluding hydrogens is 264 g/mol. The number of carbonyl (C=O) groups excluding carboxylic acids is 1. The van der Waals surface area contributed by atoms with Crippen LogP contribution in [0, 0.1) is 6.92 Å². The lowest BCUT2D eigenvalue weighted by atomic mass is 9.94. The molecule has 0 aliphatic heterocycles. The molecule has 1 amide bonds. The van der Waals surface area contributed by atoms with Crippen molar-refractivity contribution in [1.82, 2.24) is 4.98 Å². The molecule has 0 fully saturated rings. The van der Waals surface area contributed by atoms with Gasteiger partial charge in [0.25, 0.3) is 5.91 Å². The number of aromatic hydroxyl groups is 1. The summed E-state index contributed by atoms with van der Waals surface area (Å²) in [7, 11) is 0. The van der Waals surface area contributed by atoms with E-state index in [0.717, 1.165) is 10.9 Å². The SMILES string of the molecule is Cc1c(C(N)=O)nc2ccccc2c1-c1ccccc1O. The van der Waals surface area contributed by atoms with E-state index in [1.165, 1.54) is 0 Å². The molecule has 0 saturated heterocycles. The van der Waals surface area contributed by atoms with Crippen LogP contribution in [0.25, 0.3) is 22.0 Å². The smallest absolute Gasteiger partial charge is 0.267 e. The number of rotatable bonds is 2. The molecule has 0 spiro atoms. The van der Waals surface area contributed by atoms with Crippen molar-refractivity contribution in [2.45, 2.75) is 6.92 Å². The Kier molecular flexibility index (Phi) is 3.06. The number of nitrogens with two attached hydrogens (primary N) is 1. The largest absolute Gasteiger partial charge is 0.507 e. The summed E-state index contributed by atoms with van der Waals surface area (Å²) in [5, 5.41) is 11.0. The van der Waals surface area contributed by atoms with Gasteiger partial charge in [0.05, 0.1) is 5.52 Å². The molecule has 0 atom stereocenters. The summed E-state index contributed by atoms with van der Waals surface area (Å²) in [4.78, 5) is 16.0. The second-order valence-electron chi connectivity index (χ2n) is 4.86. The fourth-order valence-corrected chi connectivity index (χ4v) is 2.58. The number of amides is 1. The second kappa shape index (κ2) is 4.90. The van der Waals surface area contributed by atoms with Gasteiger partial charge in [-0.05, 0) is 24.6 Å². The van der Waals surface area contributed by atoms with Crippen molar-refractivity contribution in [2.75, 3.05) is 0 Å². The molecule has 3 rings (SSSR count). The average molecular weight is 278 g/mol. The normalized spacial score (nSPS) is 10.7. The number of fused-ring (bicyclic) bond motifs is 1. The van der Waals surface area contributed by atoms with Gasteiger partial charge in [0.15, 0.2) is 0 Å². The lowest BCUT2D eigenvalue weighted by molar-refractivity contribution is 0.0995. The van der Waals surface area contributed by atoms with E-state index in [1.54, 1.807) is 19.1 Å². The van der Waals surface area contributed by atoms with Gasteiger partial charge in [-0.2, -0.15) is 0 Å². The third-order valence-electron chi connectivity index (χ3n) is 3.54. The van der Waals surface area contributed by atoms with E-state index in [4.69, 9.17) is 5.73 Å². The molecule has 1 aromatic heterocycles. The Balaban J connectivity index is 2.48. The van der Waals surface area contributed by atoms with Crippen molar-refractivity contribution < 1.29 is 9.90 Å². The summed E-state index contributed by atoms with van der Waals surface area (Å²) < 4.78 is 0. The fourth-order valence-electron chi connectivity index (χ4n) is 2.58. The molecule has 104 valence electrons. The maximum Gasteiger partial charge on any atom is 0.267 e. The number of hydrogen-bond acceptors (Lipinski definition) is 3. The maximum absolute atomic E-state index is 11.6. The van der Waals surface area contributed by atoms with Crippen LogP contribution in [0.3, 0.4) is 0 Å². The zero-order valence-corrected chi connectivity index (χ0v) is 11.5. The van der Waals surface area contributed by atoms with Crippen LogP contribution < -0.4 is 5.73 Å². The molecule has 2 aromatic carbocycles. The molecule has 1 heterocycles. The van der Waals surface area contributed by atoms with E-state index in [1.807, 2.05) is 36.4 Å². The first-order valence-corrected chi connectivity index (χ1v) is 6.57. The van der Waals surface area contributed by atoms with Crippen LogP contribution in [-0.4, -0.2) is 16.0 Å². The highest BCUT2D eigenvalue weighted by Gasteiger charge is 2.18. The molecule has 0 aliphatic rings. The van der Waals surface area contributed by atoms with E-state index in [-0.39, 0.29) is 11.4 Å². The molecule has 4 heteroatoms. The first kappa shape index (κ1) is 13.1. The van der Waals surface area contributed by atoms with Crippen molar-refractivity contribution in [3.8, 4) is 16.9 Å². The zero-order chi connectivity index (χ0) is 15.0. The highest BCUT2D eigenvalue weighted by molar-refractivity contribution is 6.03. The van der Waals surface area contributed by atoms with Crippen LogP contribution >= 0.6 is 0 Å². The number of nitrogens with zero attached hydrogens (tertiary/aromatic N) is 1. The Labute approximate surface area is 121 Å². The number of phenols is 1. The third kappa shape index (κ3) is 2.10. The minimum atomic E-state index is -0.574. The van der Waals surface area contributed by atoms with Crippen LogP contribution in [0.15, 0.2) is 48.5 Å². The minimum absolute atomic E-state index is 0.160. The van der Waals surface area contributed by atoms with Gasteiger partial charge in [-0.3, -0.25) is 4.79 Å². The first-order chi connectivity index (χ1) is 10.1. The number of benzene rings is 2. The molecule has 0 bridgehead atoms. The molecular formula is C17H14N2O2. The number of aromatic nitrogens is 1. The van der Waals surface area contributed by atoms with Crippen LogP contribution in [0.2, 0.25) is 0 Å². The van der Waals surface area contributed by atoms with E-state index in [0.29, 0.717) is 16.6 Å². The maximum atomic E-state index is 11.6. The molecule has 0 unspecified atom stereocenters. The molecule has 3 N–H and O–H groups in total. The summed E-state index contributed by atoms with van der Waals surface area (Å²) >= 11 is 0. The van der Waals surface area contributed by atoms with Gasteiger partial charge >= 0.3 is 0 Å². The topological polar surface area (TPSA) is 76.2 Å². The predicted molar refractivity (Wildman–Crippen MR) is 82.1 cm³/mol. The number of carbonyl (C=O) groups is 1. The van der Waals surface area contributed by atoms with Crippen molar-refractivity contribution in [3.63, 3.8) is 0 Å². The predicted octanol–water partition coefficient (Wildman–Crippen LogP) is 3.01. The number of hydrogen-bond donors (Lipinski definition) is 2. The summed E-state index contributed by atoms with van der Waals surface area (Å²) in [6.07, 6.45) is 0. The van der Waals surface area contributed by atoms with Gasteiger partial charge < -0.3 is 10.8 Å². The Hall–Kier alpha value is -2.88. The van der Waals surface area contributed by atoms with Crippen LogP contribution in [0.5, 0.6) is 5.75 Å². The van der Waals surface area contributed by atoms with Crippen molar-refractivity contribution in [3.05, 3.63) is 59.8 Å². The van der Waals surface area contributed by atoms with Gasteiger partial charge in [-0.25, -0.2) is 4.98 Å². The Bertz CT molecular complexity index is 857. The average Bonchev–Trinajstić information content (AvgIpc) is 2.47. The lowest BCUT2D eigenvalue weighted by Crippen LogP contribution is -2.15. The summed E-state index contributed by atoms with van der Waals surface area (Å²) in [5.41, 5.74) is 8.45. The molecule has 3 aromatic rings. The summed E-state index contributed by atoms with van der Waals surface area (Å²) in [6, 6.07) is 14.5. The second-order valence-corrected chi connectivity index (χ2v) is 4.86. The first-order valence-electron chi connectivity index (χ1n) is 6.57. The molecule has 4 nitrogen and oxygen atoms in total. The molecule has 0 radical (unpaired) electrons. The van der Waals surface area contributed by atoms with Gasteiger partial charge in [0.1, 0.15) is 11.4 Å². The lowest BCUT2D eigenvalue weighted by Gasteiger charge is -2.14. The van der Waals surface area contributed by atoms with Gasteiger partial charge in [0.2, 0.25) is 0 Å². The monoisotopic (exact) mass is 278 g/mol. The van der Waals surface area contributed by atoms with Gasteiger partial charge in [-0.15, -0.1) is 0 Å². The Morgan fingerprint density at radius 2 is 1.76 bits per heavy atom. The molecule has 0 aliphatic carbocycles. The minimum Gasteiger partial charge on any atom is -0.507 e. The van der Waals surface area contributed by atoms with Crippen LogP contribution in [0.4, 0.5) is 0 Å². The number of primary amides is 1. The highest BCUT2D eigenvalue weighted by atomic mass is 16.3. The van der Waals surface area contributed by atoms with Crippen molar-refractivity contribution in [2.24, 2.45) is 5.73 Å². The number of pyridine rings is 1. The summed E-state index contributed by atoms with van der Waals surface area (Å²) in [5.74, 6) is -0.415. The fraction of sp³-hybridized carbons (Fsp3) is 0.0588. The Morgan fingerprint density at radius 1 is 1.10 bits per heavy atom. The molecule has 0 saturated carbocycles. The molecule has 21 heavy (non-hydrogen) atoms.